The second-order valence-corrected chi connectivity index (χ2v) is 10.6. The number of rotatable bonds is 11. The van der Waals surface area contributed by atoms with Gasteiger partial charge in [-0.1, -0.05) is 26.0 Å². The Labute approximate surface area is 253 Å². The summed E-state index contributed by atoms with van der Waals surface area (Å²) in [6.07, 6.45) is 1.56. The molecule has 0 atom stereocenters. The third-order valence-electron chi connectivity index (χ3n) is 6.52. The van der Waals surface area contributed by atoms with Gasteiger partial charge in [0.15, 0.2) is 23.9 Å². The minimum absolute atomic E-state index is 0.181. The van der Waals surface area contributed by atoms with E-state index in [0.29, 0.717) is 44.9 Å². The molecule has 0 fully saturated rings. The molecule has 3 aromatic carbocycles. The third-order valence-corrected chi connectivity index (χ3v) is 7.21. The summed E-state index contributed by atoms with van der Waals surface area (Å²) in [7, 11) is 1.65. The van der Waals surface area contributed by atoms with E-state index < -0.39 is 5.97 Å². The van der Waals surface area contributed by atoms with Gasteiger partial charge >= 0.3 is 5.97 Å². The minimum atomic E-state index is -0.480. The summed E-state index contributed by atoms with van der Waals surface area (Å²) in [4.78, 5) is 30.5. The SMILES string of the molecule is CCOC(=O)COc1cc(Br)c(C=Nn2c(-c3cc(C(C)C)c(OC)cc3C)nc3ccccc3c2=O)cc1OCC. The van der Waals surface area contributed by atoms with Crippen LogP contribution in [0.25, 0.3) is 22.3 Å². The van der Waals surface area contributed by atoms with Gasteiger partial charge in [0.1, 0.15) is 5.75 Å². The van der Waals surface area contributed by atoms with Crippen LogP contribution in [-0.4, -0.2) is 48.8 Å². The zero-order chi connectivity index (χ0) is 30.4. The number of carbonyl (C=O) groups excluding carboxylic acids is 1. The van der Waals surface area contributed by atoms with Crippen molar-refractivity contribution in [1.29, 1.82) is 0 Å². The molecule has 1 heterocycles. The summed E-state index contributed by atoms with van der Waals surface area (Å²) in [6.45, 7) is 10.1. The molecule has 0 aliphatic carbocycles. The molecule has 0 N–H and O–H groups in total. The molecule has 9 nitrogen and oxygen atoms in total. The number of benzene rings is 3. The Balaban J connectivity index is 1.85. The second-order valence-electron chi connectivity index (χ2n) is 9.73. The Bertz CT molecular complexity index is 1700. The molecular weight excluding hydrogens is 602 g/mol. The minimum Gasteiger partial charge on any atom is -0.496 e. The monoisotopic (exact) mass is 635 g/mol. The molecule has 4 rings (SSSR count). The van der Waals surface area contributed by atoms with E-state index in [1.54, 1.807) is 44.5 Å². The Morgan fingerprint density at radius 1 is 1.05 bits per heavy atom. The van der Waals surface area contributed by atoms with Crippen LogP contribution in [-0.2, 0) is 9.53 Å². The average molecular weight is 637 g/mol. The predicted octanol–water partition coefficient (Wildman–Crippen LogP) is 6.49. The number of halogens is 1. The smallest absolute Gasteiger partial charge is 0.344 e. The highest BCUT2D eigenvalue weighted by molar-refractivity contribution is 9.10. The topological polar surface area (TPSA) is 101 Å². The summed E-state index contributed by atoms with van der Waals surface area (Å²) in [6, 6.07) is 14.6. The normalized spacial score (nSPS) is 11.3. The van der Waals surface area contributed by atoms with E-state index in [4.69, 9.17) is 23.9 Å². The quantitative estimate of drug-likeness (QED) is 0.137. The molecule has 0 saturated carbocycles. The van der Waals surface area contributed by atoms with Crippen LogP contribution in [0.1, 0.15) is 50.3 Å². The van der Waals surface area contributed by atoms with Crippen molar-refractivity contribution in [3.05, 3.63) is 80.0 Å². The number of fused-ring (bicyclic) bond motifs is 1. The molecule has 0 aliphatic heterocycles. The van der Waals surface area contributed by atoms with Gasteiger partial charge in [-0.3, -0.25) is 4.79 Å². The maximum absolute atomic E-state index is 13.8. The van der Waals surface area contributed by atoms with Crippen molar-refractivity contribution >= 4 is 39.0 Å². The molecule has 0 saturated heterocycles. The lowest BCUT2D eigenvalue weighted by molar-refractivity contribution is -0.145. The Hall–Kier alpha value is -4.18. The highest BCUT2D eigenvalue weighted by Gasteiger charge is 2.19. The van der Waals surface area contributed by atoms with E-state index in [1.165, 1.54) is 4.68 Å². The Kier molecular flexibility index (Phi) is 10.0. The van der Waals surface area contributed by atoms with Crippen LogP contribution in [0.15, 0.2) is 62.9 Å². The summed E-state index contributed by atoms with van der Waals surface area (Å²) in [5, 5.41) is 5.09. The number of ether oxygens (including phenoxy) is 4. The lowest BCUT2D eigenvalue weighted by atomic mass is 9.96. The van der Waals surface area contributed by atoms with Crippen LogP contribution < -0.4 is 19.8 Å². The molecular formula is C32H34BrN3O6. The largest absolute Gasteiger partial charge is 0.496 e. The zero-order valence-corrected chi connectivity index (χ0v) is 26.1. The fourth-order valence-corrected chi connectivity index (χ4v) is 4.89. The van der Waals surface area contributed by atoms with E-state index >= 15 is 0 Å². The number of hydrogen-bond acceptors (Lipinski definition) is 8. The third kappa shape index (κ3) is 6.65. The molecule has 0 aliphatic rings. The summed E-state index contributed by atoms with van der Waals surface area (Å²) >= 11 is 3.56. The number of aromatic nitrogens is 2. The maximum atomic E-state index is 13.8. The molecule has 1 aromatic heterocycles. The van der Waals surface area contributed by atoms with Crippen LogP contribution >= 0.6 is 15.9 Å². The predicted molar refractivity (Wildman–Crippen MR) is 167 cm³/mol. The molecule has 0 spiro atoms. The summed E-state index contributed by atoms with van der Waals surface area (Å²) in [5.74, 6) is 1.68. The molecule has 0 amide bonds. The highest BCUT2D eigenvalue weighted by Crippen LogP contribution is 2.35. The number of esters is 1. The van der Waals surface area contributed by atoms with E-state index in [0.717, 1.165) is 22.4 Å². The molecule has 10 heteroatoms. The van der Waals surface area contributed by atoms with Gasteiger partial charge in [-0.2, -0.15) is 9.78 Å². The van der Waals surface area contributed by atoms with Crippen LogP contribution in [0.2, 0.25) is 0 Å². The number of hydrogen-bond donors (Lipinski definition) is 0. The van der Waals surface area contributed by atoms with Crippen LogP contribution in [0, 0.1) is 6.92 Å². The Morgan fingerprint density at radius 3 is 2.48 bits per heavy atom. The van der Waals surface area contributed by atoms with Gasteiger partial charge in [0.05, 0.1) is 37.4 Å². The van der Waals surface area contributed by atoms with Gasteiger partial charge < -0.3 is 18.9 Å². The maximum Gasteiger partial charge on any atom is 0.344 e. The van der Waals surface area contributed by atoms with Gasteiger partial charge in [-0.25, -0.2) is 9.78 Å². The van der Waals surface area contributed by atoms with Gasteiger partial charge in [0, 0.05) is 15.6 Å². The van der Waals surface area contributed by atoms with Crippen molar-refractivity contribution in [1.82, 2.24) is 9.66 Å². The van der Waals surface area contributed by atoms with Crippen LogP contribution in [0.5, 0.6) is 17.2 Å². The first-order valence-electron chi connectivity index (χ1n) is 13.7. The van der Waals surface area contributed by atoms with Crippen molar-refractivity contribution in [3.63, 3.8) is 0 Å². The van der Waals surface area contributed by atoms with Crippen LogP contribution in [0.4, 0.5) is 0 Å². The van der Waals surface area contributed by atoms with E-state index in [1.807, 2.05) is 38.1 Å². The number of nitrogens with zero attached hydrogens (tertiary/aromatic N) is 3. The fraction of sp³-hybridized carbons (Fsp3) is 0.312. The molecule has 42 heavy (non-hydrogen) atoms. The number of aryl methyl sites for hydroxylation is 1. The first-order chi connectivity index (χ1) is 20.2. The standard InChI is InChI=1S/C32H34BrN3O6/c1-7-40-28-14-21(25(33)16-29(28)42-18-30(37)41-8-2)17-34-36-31(35-26-12-10-9-11-22(26)32(36)38)24-15-23(19(3)4)27(39-6)13-20(24)5/h9-17,19H,7-8,18H2,1-6H3. The second kappa shape index (κ2) is 13.7. The molecule has 220 valence electrons. The average Bonchev–Trinajstić information content (AvgIpc) is 2.97. The highest BCUT2D eigenvalue weighted by atomic mass is 79.9. The first-order valence-corrected chi connectivity index (χ1v) is 14.5. The van der Waals surface area contributed by atoms with Crippen molar-refractivity contribution in [2.75, 3.05) is 26.9 Å². The van der Waals surface area contributed by atoms with Gasteiger partial charge in [0.2, 0.25) is 0 Å². The summed E-state index contributed by atoms with van der Waals surface area (Å²) < 4.78 is 24.0. The van der Waals surface area contributed by atoms with Gasteiger partial charge in [-0.15, -0.1) is 0 Å². The molecule has 0 radical (unpaired) electrons. The fourth-order valence-electron chi connectivity index (χ4n) is 4.46. The first kappa shape index (κ1) is 30.8. The number of methoxy groups -OCH3 is 1. The van der Waals surface area contributed by atoms with E-state index in [9.17, 15) is 9.59 Å². The Morgan fingerprint density at radius 2 is 1.79 bits per heavy atom. The van der Waals surface area contributed by atoms with E-state index in [2.05, 4.69) is 34.9 Å². The molecule has 0 bridgehead atoms. The van der Waals surface area contributed by atoms with Crippen LogP contribution in [0.3, 0.4) is 0 Å². The van der Waals surface area contributed by atoms with Gasteiger partial charge in [-0.05, 0) is 90.1 Å². The molecule has 0 unspecified atom stereocenters. The zero-order valence-electron chi connectivity index (χ0n) is 24.6. The van der Waals surface area contributed by atoms with Crippen molar-refractivity contribution < 1.29 is 23.7 Å². The molecule has 4 aromatic rings. The van der Waals surface area contributed by atoms with E-state index in [-0.39, 0.29) is 24.7 Å². The van der Waals surface area contributed by atoms with Crippen molar-refractivity contribution in [2.24, 2.45) is 5.10 Å². The van der Waals surface area contributed by atoms with Crippen molar-refractivity contribution in [2.45, 2.75) is 40.5 Å². The number of carbonyl (C=O) groups is 1. The summed E-state index contributed by atoms with van der Waals surface area (Å²) in [5.41, 5.74) is 3.57. The number of para-hydroxylation sites is 1. The lowest BCUT2D eigenvalue weighted by Gasteiger charge is -2.17. The van der Waals surface area contributed by atoms with Crippen molar-refractivity contribution in [3.8, 4) is 28.6 Å². The lowest BCUT2D eigenvalue weighted by Crippen LogP contribution is -2.21. The van der Waals surface area contributed by atoms with Gasteiger partial charge in [0.25, 0.3) is 5.56 Å².